The number of piperidine rings is 1. The van der Waals surface area contributed by atoms with Gasteiger partial charge in [0.1, 0.15) is 0 Å². The molecule has 0 atom stereocenters. The molecule has 1 saturated heterocycles. The highest BCUT2D eigenvalue weighted by molar-refractivity contribution is 7.88. The minimum Gasteiger partial charge on any atom is -0.472 e. The van der Waals surface area contributed by atoms with E-state index in [1.165, 1.54) is 10.6 Å². The molecule has 1 fully saturated rings. The molecule has 0 radical (unpaired) electrons. The van der Waals surface area contributed by atoms with Crippen molar-refractivity contribution >= 4 is 15.9 Å². The summed E-state index contributed by atoms with van der Waals surface area (Å²) in [6.07, 6.45) is 7.27. The molecule has 134 valence electrons. The smallest absolute Gasteiger partial charge is 0.223 e. The quantitative estimate of drug-likeness (QED) is 0.872. The molecule has 25 heavy (non-hydrogen) atoms. The van der Waals surface area contributed by atoms with Gasteiger partial charge >= 0.3 is 0 Å². The van der Waals surface area contributed by atoms with Crippen molar-refractivity contribution < 1.29 is 17.6 Å². The Morgan fingerprint density at radius 1 is 1.32 bits per heavy atom. The van der Waals surface area contributed by atoms with Crippen molar-refractivity contribution in [3.8, 4) is 11.3 Å². The molecule has 0 unspecified atom stereocenters. The molecular formula is C17H21N3O4S. The van der Waals surface area contributed by atoms with Crippen LogP contribution in [0.15, 0.2) is 41.3 Å². The van der Waals surface area contributed by atoms with Gasteiger partial charge in [-0.1, -0.05) is 6.07 Å². The number of hydrogen-bond acceptors (Lipinski definition) is 5. The summed E-state index contributed by atoms with van der Waals surface area (Å²) in [7, 11) is -3.17. The van der Waals surface area contributed by atoms with Crippen molar-refractivity contribution in [2.45, 2.75) is 19.4 Å². The summed E-state index contributed by atoms with van der Waals surface area (Å²) in [6, 6.07) is 5.64. The van der Waals surface area contributed by atoms with Gasteiger partial charge in [0.2, 0.25) is 15.9 Å². The molecule has 1 amide bonds. The van der Waals surface area contributed by atoms with Crippen LogP contribution < -0.4 is 5.32 Å². The lowest BCUT2D eigenvalue weighted by Gasteiger charge is -2.29. The lowest BCUT2D eigenvalue weighted by molar-refractivity contribution is -0.126. The van der Waals surface area contributed by atoms with E-state index in [-0.39, 0.29) is 11.8 Å². The maximum absolute atomic E-state index is 12.3. The summed E-state index contributed by atoms with van der Waals surface area (Å²) < 4.78 is 29.5. The highest BCUT2D eigenvalue weighted by Gasteiger charge is 2.28. The first-order chi connectivity index (χ1) is 11.9. The largest absolute Gasteiger partial charge is 0.472 e. The molecule has 0 bridgehead atoms. The third-order valence-electron chi connectivity index (χ3n) is 4.40. The van der Waals surface area contributed by atoms with E-state index in [1.54, 1.807) is 18.7 Å². The number of rotatable bonds is 5. The molecule has 1 aliphatic rings. The van der Waals surface area contributed by atoms with E-state index in [2.05, 4.69) is 10.3 Å². The number of hydrogen-bond donors (Lipinski definition) is 1. The number of furan rings is 1. The van der Waals surface area contributed by atoms with Gasteiger partial charge in [0.15, 0.2) is 0 Å². The Hall–Kier alpha value is -2.19. The van der Waals surface area contributed by atoms with E-state index in [9.17, 15) is 13.2 Å². The Morgan fingerprint density at radius 2 is 2.08 bits per heavy atom. The lowest BCUT2D eigenvalue weighted by Crippen LogP contribution is -2.42. The summed E-state index contributed by atoms with van der Waals surface area (Å²) in [5.74, 6) is -0.178. The monoisotopic (exact) mass is 363 g/mol. The highest BCUT2D eigenvalue weighted by atomic mass is 32.2. The van der Waals surface area contributed by atoms with E-state index in [0.29, 0.717) is 32.5 Å². The number of sulfonamides is 1. The van der Waals surface area contributed by atoms with Crippen LogP contribution in [-0.4, -0.2) is 43.0 Å². The van der Waals surface area contributed by atoms with Gasteiger partial charge in [-0.05, 0) is 30.5 Å². The van der Waals surface area contributed by atoms with Crippen LogP contribution >= 0.6 is 0 Å². The topological polar surface area (TPSA) is 92.5 Å². The number of carbonyl (C=O) groups is 1. The van der Waals surface area contributed by atoms with Crippen molar-refractivity contribution in [1.29, 1.82) is 0 Å². The lowest BCUT2D eigenvalue weighted by atomic mass is 9.97. The van der Waals surface area contributed by atoms with Crippen molar-refractivity contribution in [2.24, 2.45) is 5.92 Å². The Bertz CT molecular complexity index is 808. The average Bonchev–Trinajstić information content (AvgIpc) is 3.14. The average molecular weight is 363 g/mol. The minimum atomic E-state index is -3.17. The van der Waals surface area contributed by atoms with E-state index < -0.39 is 10.0 Å². The Labute approximate surface area is 147 Å². The molecule has 3 rings (SSSR count). The van der Waals surface area contributed by atoms with Gasteiger partial charge in [-0.3, -0.25) is 9.78 Å². The maximum Gasteiger partial charge on any atom is 0.223 e. The Kier molecular flexibility index (Phi) is 5.19. The third-order valence-corrected chi connectivity index (χ3v) is 5.71. The van der Waals surface area contributed by atoms with Crippen LogP contribution in [0, 0.1) is 5.92 Å². The molecule has 2 aromatic heterocycles. The van der Waals surface area contributed by atoms with E-state index in [1.807, 2.05) is 18.2 Å². The molecule has 0 saturated carbocycles. The molecule has 0 aromatic carbocycles. The van der Waals surface area contributed by atoms with Crippen molar-refractivity contribution in [3.63, 3.8) is 0 Å². The van der Waals surface area contributed by atoms with Gasteiger partial charge < -0.3 is 9.73 Å². The standard InChI is InChI=1S/C17H21N3O4S/c1-25(22,23)20-7-4-14(5-8-20)17(21)19-11-13-2-3-16(18-10-13)15-6-9-24-12-15/h2-3,6,9-10,12,14H,4-5,7-8,11H2,1H3,(H,19,21). The van der Waals surface area contributed by atoms with E-state index in [0.717, 1.165) is 16.8 Å². The van der Waals surface area contributed by atoms with Crippen LogP contribution in [-0.2, 0) is 21.4 Å². The van der Waals surface area contributed by atoms with Crippen LogP contribution in [0.4, 0.5) is 0 Å². The molecule has 7 nitrogen and oxygen atoms in total. The Morgan fingerprint density at radius 3 is 2.64 bits per heavy atom. The summed E-state index contributed by atoms with van der Waals surface area (Å²) in [4.78, 5) is 16.6. The van der Waals surface area contributed by atoms with Crippen LogP contribution in [0.1, 0.15) is 18.4 Å². The second kappa shape index (κ2) is 7.37. The fourth-order valence-corrected chi connectivity index (χ4v) is 3.77. The second-order valence-corrected chi connectivity index (χ2v) is 8.20. The third kappa shape index (κ3) is 4.46. The fourth-order valence-electron chi connectivity index (χ4n) is 2.89. The first-order valence-corrected chi connectivity index (χ1v) is 9.98. The minimum absolute atomic E-state index is 0.0351. The van der Waals surface area contributed by atoms with Gasteiger partial charge in [0.05, 0.1) is 24.5 Å². The summed E-state index contributed by atoms with van der Waals surface area (Å²) in [6.45, 7) is 1.21. The fraction of sp³-hybridized carbons (Fsp3) is 0.412. The van der Waals surface area contributed by atoms with E-state index in [4.69, 9.17) is 4.42 Å². The molecule has 8 heteroatoms. The van der Waals surface area contributed by atoms with Gasteiger partial charge in [0, 0.05) is 37.3 Å². The second-order valence-electron chi connectivity index (χ2n) is 6.22. The van der Waals surface area contributed by atoms with Crippen LogP contribution in [0.3, 0.4) is 0 Å². The normalized spacial score (nSPS) is 16.7. The highest BCUT2D eigenvalue weighted by Crippen LogP contribution is 2.20. The summed E-state index contributed by atoms with van der Waals surface area (Å²) in [5, 5.41) is 2.91. The zero-order chi connectivity index (χ0) is 17.9. The molecule has 1 N–H and O–H groups in total. The molecule has 1 aliphatic heterocycles. The first kappa shape index (κ1) is 17.6. The van der Waals surface area contributed by atoms with Crippen LogP contribution in [0.25, 0.3) is 11.3 Å². The van der Waals surface area contributed by atoms with Gasteiger partial charge in [-0.2, -0.15) is 0 Å². The molecule has 0 spiro atoms. The van der Waals surface area contributed by atoms with E-state index >= 15 is 0 Å². The van der Waals surface area contributed by atoms with Gasteiger partial charge in [0.25, 0.3) is 0 Å². The molecule has 0 aliphatic carbocycles. The number of carbonyl (C=O) groups excluding carboxylic acids is 1. The maximum atomic E-state index is 12.3. The van der Waals surface area contributed by atoms with Gasteiger partial charge in [-0.25, -0.2) is 12.7 Å². The number of nitrogens with one attached hydrogen (secondary N) is 1. The van der Waals surface area contributed by atoms with Crippen molar-refractivity contribution in [1.82, 2.24) is 14.6 Å². The van der Waals surface area contributed by atoms with Crippen LogP contribution in [0.5, 0.6) is 0 Å². The van der Waals surface area contributed by atoms with Crippen molar-refractivity contribution in [3.05, 3.63) is 42.5 Å². The first-order valence-electron chi connectivity index (χ1n) is 8.14. The predicted octanol–water partition coefficient (Wildman–Crippen LogP) is 1.63. The molecule has 2 aromatic rings. The number of nitrogens with zero attached hydrogens (tertiary/aromatic N) is 2. The van der Waals surface area contributed by atoms with Crippen LogP contribution in [0.2, 0.25) is 0 Å². The number of amides is 1. The zero-order valence-corrected chi connectivity index (χ0v) is 14.8. The number of pyridine rings is 1. The number of aromatic nitrogens is 1. The molecule has 3 heterocycles. The predicted molar refractivity (Wildman–Crippen MR) is 92.9 cm³/mol. The zero-order valence-electron chi connectivity index (χ0n) is 14.0. The SMILES string of the molecule is CS(=O)(=O)N1CCC(C(=O)NCc2ccc(-c3ccoc3)nc2)CC1. The summed E-state index contributed by atoms with van der Waals surface area (Å²) >= 11 is 0. The van der Waals surface area contributed by atoms with Crippen molar-refractivity contribution in [2.75, 3.05) is 19.3 Å². The summed E-state index contributed by atoms with van der Waals surface area (Å²) in [5.41, 5.74) is 2.64. The molecular weight excluding hydrogens is 342 g/mol. The Balaban J connectivity index is 1.49. The van der Waals surface area contributed by atoms with Gasteiger partial charge in [-0.15, -0.1) is 0 Å².